The second-order valence-corrected chi connectivity index (χ2v) is 9.07. The van der Waals surface area contributed by atoms with Crippen LogP contribution in [0.4, 0.5) is 5.69 Å². The molecule has 4 heterocycles. The molecule has 2 aromatic heterocycles. The van der Waals surface area contributed by atoms with Crippen molar-refractivity contribution in [3.8, 4) is 16.8 Å². The second-order valence-electron chi connectivity index (χ2n) is 9.07. The van der Waals surface area contributed by atoms with E-state index in [0.717, 1.165) is 60.6 Å². The highest BCUT2D eigenvalue weighted by Crippen LogP contribution is 2.28. The first-order valence-corrected chi connectivity index (χ1v) is 11.3. The highest BCUT2D eigenvalue weighted by atomic mass is 16.7. The van der Waals surface area contributed by atoms with Gasteiger partial charge in [-0.15, -0.1) is 5.11 Å². The molecule has 33 heavy (non-hydrogen) atoms. The Labute approximate surface area is 192 Å². The Bertz CT molecular complexity index is 1290. The van der Waals surface area contributed by atoms with Crippen LogP contribution in [0.3, 0.4) is 0 Å². The highest BCUT2D eigenvalue weighted by Gasteiger charge is 2.33. The molecule has 1 saturated heterocycles. The molecule has 4 aromatic rings. The Morgan fingerprint density at radius 2 is 1.85 bits per heavy atom. The van der Waals surface area contributed by atoms with Crippen LogP contribution in [0.15, 0.2) is 82.2 Å². The fourth-order valence-corrected chi connectivity index (χ4v) is 4.71. The number of rotatable bonds is 5. The van der Waals surface area contributed by atoms with Crippen LogP contribution in [-0.2, 0) is 4.84 Å². The van der Waals surface area contributed by atoms with Crippen molar-refractivity contribution < 1.29 is 9.25 Å². The molecule has 2 aliphatic rings. The van der Waals surface area contributed by atoms with E-state index in [-0.39, 0.29) is 5.54 Å². The van der Waals surface area contributed by atoms with Gasteiger partial charge in [0, 0.05) is 54.9 Å². The van der Waals surface area contributed by atoms with Gasteiger partial charge in [0.25, 0.3) is 0 Å². The van der Waals surface area contributed by atoms with E-state index in [4.69, 9.17) is 9.25 Å². The number of benzene rings is 2. The molecule has 0 bridgehead atoms. The van der Waals surface area contributed by atoms with Gasteiger partial charge in [0.1, 0.15) is 18.5 Å². The van der Waals surface area contributed by atoms with Crippen molar-refractivity contribution >= 4 is 16.7 Å². The molecule has 0 spiro atoms. The maximum absolute atomic E-state index is 5.22. The lowest BCUT2D eigenvalue weighted by Crippen LogP contribution is -2.51. The molecular formula is C25H26N6O2. The smallest absolute Gasteiger partial charge is 0.147 e. The predicted molar refractivity (Wildman–Crippen MR) is 127 cm³/mol. The van der Waals surface area contributed by atoms with Crippen molar-refractivity contribution in [2.45, 2.75) is 12.5 Å². The van der Waals surface area contributed by atoms with Gasteiger partial charge in [0.2, 0.25) is 0 Å². The molecule has 0 radical (unpaired) electrons. The first-order valence-electron chi connectivity index (χ1n) is 11.3. The number of furan rings is 1. The maximum Gasteiger partial charge on any atom is 0.147 e. The molecule has 1 fully saturated rings. The van der Waals surface area contributed by atoms with Crippen molar-refractivity contribution in [1.29, 1.82) is 0 Å². The van der Waals surface area contributed by atoms with Crippen molar-refractivity contribution in [1.82, 2.24) is 14.5 Å². The fourth-order valence-electron chi connectivity index (χ4n) is 4.71. The standard InChI is InChI=1S/C25H26N6O2/c1-25(17-33-28-27-25)16-29-8-10-30(11-9-29)21-3-2-4-22(14-21)31-18-26-23-13-19(5-6-24(23)31)20-7-12-32-15-20/h2-7,12-15,18H,8-11,16-17H2,1H3. The predicted octanol–water partition coefficient (Wildman–Crippen LogP) is 4.56. The fraction of sp³-hybridized carbons (Fsp3) is 0.320. The van der Waals surface area contributed by atoms with E-state index in [2.05, 4.69) is 79.1 Å². The lowest BCUT2D eigenvalue weighted by molar-refractivity contribution is 0.126. The summed E-state index contributed by atoms with van der Waals surface area (Å²) in [5, 5.41) is 7.97. The third-order valence-corrected chi connectivity index (χ3v) is 6.53. The first-order chi connectivity index (χ1) is 16.2. The summed E-state index contributed by atoms with van der Waals surface area (Å²) in [4.78, 5) is 14.7. The zero-order chi connectivity index (χ0) is 22.3. The molecule has 1 atom stereocenters. The minimum absolute atomic E-state index is 0.220. The lowest BCUT2D eigenvalue weighted by atomic mass is 10.0. The SMILES string of the molecule is CC1(CN2CCN(c3cccc(-n4cnc5cc(-c6ccoc6)ccc54)c3)CC2)CON=N1. The summed E-state index contributed by atoms with van der Waals surface area (Å²) in [6.07, 6.45) is 5.35. The molecule has 8 heteroatoms. The Morgan fingerprint density at radius 3 is 2.64 bits per heavy atom. The third kappa shape index (κ3) is 3.87. The van der Waals surface area contributed by atoms with E-state index in [0.29, 0.717) is 6.61 Å². The minimum Gasteiger partial charge on any atom is -0.472 e. The van der Waals surface area contributed by atoms with E-state index in [1.807, 2.05) is 12.4 Å². The molecule has 0 amide bonds. The summed E-state index contributed by atoms with van der Waals surface area (Å²) in [6.45, 7) is 7.52. The zero-order valence-corrected chi connectivity index (χ0v) is 18.6. The van der Waals surface area contributed by atoms with Crippen LogP contribution >= 0.6 is 0 Å². The molecule has 2 aliphatic heterocycles. The van der Waals surface area contributed by atoms with E-state index >= 15 is 0 Å². The maximum atomic E-state index is 5.22. The summed E-state index contributed by atoms with van der Waals surface area (Å²) in [6, 6.07) is 17.0. The van der Waals surface area contributed by atoms with Gasteiger partial charge >= 0.3 is 0 Å². The van der Waals surface area contributed by atoms with Crippen molar-refractivity contribution in [2.24, 2.45) is 10.4 Å². The molecular weight excluding hydrogens is 416 g/mol. The van der Waals surface area contributed by atoms with E-state index < -0.39 is 0 Å². The van der Waals surface area contributed by atoms with E-state index in [9.17, 15) is 0 Å². The van der Waals surface area contributed by atoms with Crippen LogP contribution in [0.5, 0.6) is 0 Å². The number of fused-ring (bicyclic) bond motifs is 1. The highest BCUT2D eigenvalue weighted by molar-refractivity contribution is 5.83. The first kappa shape index (κ1) is 20.0. The van der Waals surface area contributed by atoms with Crippen LogP contribution in [0, 0.1) is 0 Å². The monoisotopic (exact) mass is 442 g/mol. The second kappa shape index (κ2) is 8.04. The number of nitrogens with zero attached hydrogens (tertiary/aromatic N) is 6. The van der Waals surface area contributed by atoms with Crippen LogP contribution < -0.4 is 4.90 Å². The molecule has 0 N–H and O–H groups in total. The van der Waals surface area contributed by atoms with Gasteiger partial charge in [0.05, 0.1) is 23.6 Å². The van der Waals surface area contributed by atoms with Gasteiger partial charge in [-0.2, -0.15) is 0 Å². The number of piperazine rings is 1. The van der Waals surface area contributed by atoms with Gasteiger partial charge in [0.15, 0.2) is 0 Å². The Morgan fingerprint density at radius 1 is 0.970 bits per heavy atom. The molecule has 0 saturated carbocycles. The van der Waals surface area contributed by atoms with E-state index in [1.54, 1.807) is 12.5 Å². The molecule has 0 aliphatic carbocycles. The minimum atomic E-state index is -0.220. The topological polar surface area (TPSA) is 71.4 Å². The van der Waals surface area contributed by atoms with Gasteiger partial charge in [-0.1, -0.05) is 12.1 Å². The van der Waals surface area contributed by atoms with Gasteiger partial charge < -0.3 is 14.2 Å². The van der Waals surface area contributed by atoms with Crippen molar-refractivity contribution in [3.05, 3.63) is 67.4 Å². The summed E-state index contributed by atoms with van der Waals surface area (Å²) >= 11 is 0. The van der Waals surface area contributed by atoms with Gasteiger partial charge in [-0.3, -0.25) is 9.47 Å². The Hall–Kier alpha value is -3.65. The quantitative estimate of drug-likeness (QED) is 0.453. The summed E-state index contributed by atoms with van der Waals surface area (Å²) < 4.78 is 7.38. The number of aromatic nitrogens is 2. The molecule has 8 nitrogen and oxygen atoms in total. The Kier molecular flexibility index (Phi) is 4.87. The number of imidazole rings is 1. The van der Waals surface area contributed by atoms with Crippen molar-refractivity contribution in [2.75, 3.05) is 44.2 Å². The average Bonchev–Trinajstić information content (AvgIpc) is 3.60. The van der Waals surface area contributed by atoms with E-state index in [1.165, 1.54) is 5.69 Å². The Balaban J connectivity index is 1.19. The molecule has 1 unspecified atom stereocenters. The average molecular weight is 443 g/mol. The normalized spacial score (nSPS) is 21.1. The van der Waals surface area contributed by atoms with Crippen LogP contribution in [0.1, 0.15) is 6.92 Å². The third-order valence-electron chi connectivity index (χ3n) is 6.53. The molecule has 168 valence electrons. The molecule has 2 aromatic carbocycles. The van der Waals surface area contributed by atoms with Crippen LogP contribution in [0.2, 0.25) is 0 Å². The van der Waals surface area contributed by atoms with Crippen molar-refractivity contribution in [3.63, 3.8) is 0 Å². The largest absolute Gasteiger partial charge is 0.472 e. The number of anilines is 1. The summed E-state index contributed by atoms with van der Waals surface area (Å²) in [7, 11) is 0. The van der Waals surface area contributed by atoms with Crippen LogP contribution in [-0.4, -0.2) is 59.3 Å². The number of hydrogen-bond acceptors (Lipinski definition) is 7. The van der Waals surface area contributed by atoms with Gasteiger partial charge in [-0.05, 0) is 48.9 Å². The summed E-state index contributed by atoms with van der Waals surface area (Å²) in [5.74, 6) is 0. The zero-order valence-electron chi connectivity index (χ0n) is 18.6. The van der Waals surface area contributed by atoms with Gasteiger partial charge in [-0.25, -0.2) is 4.98 Å². The lowest BCUT2D eigenvalue weighted by Gasteiger charge is -2.38. The molecule has 6 rings (SSSR count). The number of hydrogen-bond donors (Lipinski definition) is 0. The van der Waals surface area contributed by atoms with Crippen LogP contribution in [0.25, 0.3) is 27.8 Å². The summed E-state index contributed by atoms with van der Waals surface area (Å²) in [5.41, 5.74) is 6.35.